The van der Waals surface area contributed by atoms with Gasteiger partial charge in [0.1, 0.15) is 0 Å². The molecule has 0 aliphatic carbocycles. The molecule has 1 heterocycles. The predicted molar refractivity (Wildman–Crippen MR) is 121 cm³/mol. The molecule has 0 saturated carbocycles. The fraction of sp³-hybridized carbons (Fsp3) is 0.520. The molecule has 2 N–H and O–H groups in total. The Kier molecular flexibility index (Phi) is 9.01. The molecule has 0 spiro atoms. The van der Waals surface area contributed by atoms with Crippen LogP contribution in [0.5, 0.6) is 0 Å². The molecule has 154 valence electrons. The van der Waals surface area contributed by atoms with E-state index in [-0.39, 0.29) is 30.4 Å². The maximum atomic E-state index is 11.9. The highest BCUT2D eigenvalue weighted by atomic mass is 35.5. The molecule has 0 aromatic heterocycles. The zero-order valence-corrected chi connectivity index (χ0v) is 18.1. The molecule has 1 aliphatic rings. The summed E-state index contributed by atoms with van der Waals surface area (Å²) in [6.45, 7) is 4.47. The summed E-state index contributed by atoms with van der Waals surface area (Å²) >= 11 is 0. The lowest BCUT2D eigenvalue weighted by Gasteiger charge is -2.49. The van der Waals surface area contributed by atoms with Crippen molar-refractivity contribution < 1.29 is 5.11 Å². The van der Waals surface area contributed by atoms with Crippen LogP contribution in [-0.4, -0.2) is 10.7 Å². The first-order valence-electron chi connectivity index (χ1n) is 10.8. The molecule has 4 atom stereocenters. The molecule has 0 radical (unpaired) electrons. The van der Waals surface area contributed by atoms with E-state index in [1.807, 2.05) is 0 Å². The minimum Gasteiger partial charge on any atom is -0.389 e. The summed E-state index contributed by atoms with van der Waals surface area (Å²) in [6, 6.07) is 21.7. The van der Waals surface area contributed by atoms with E-state index < -0.39 is 5.60 Å². The van der Waals surface area contributed by atoms with E-state index in [1.165, 1.54) is 30.4 Å². The average molecular weight is 402 g/mol. The van der Waals surface area contributed by atoms with Crippen LogP contribution in [0.1, 0.15) is 82.0 Å². The number of aliphatic hydroxyl groups is 1. The summed E-state index contributed by atoms with van der Waals surface area (Å²) in [4.78, 5) is 0. The van der Waals surface area contributed by atoms with E-state index in [1.54, 1.807) is 0 Å². The monoisotopic (exact) mass is 401 g/mol. The van der Waals surface area contributed by atoms with Crippen molar-refractivity contribution in [3.05, 3.63) is 71.8 Å². The zero-order valence-electron chi connectivity index (χ0n) is 17.3. The molecule has 1 saturated heterocycles. The molecule has 28 heavy (non-hydrogen) atoms. The number of rotatable bonds is 8. The number of unbranched alkanes of at least 4 members (excludes halogenated alkanes) is 3. The van der Waals surface area contributed by atoms with Crippen LogP contribution in [0.2, 0.25) is 0 Å². The van der Waals surface area contributed by atoms with E-state index in [2.05, 4.69) is 79.8 Å². The number of piperidine rings is 1. The SMILES string of the molecule is CCCCCCC1(O)CC(c2ccccc2)NC(c2ccccc2)C1CC.Cl. The molecule has 0 bridgehead atoms. The first-order valence-corrected chi connectivity index (χ1v) is 10.8. The highest BCUT2D eigenvalue weighted by molar-refractivity contribution is 5.85. The Morgan fingerprint density at radius 1 is 0.893 bits per heavy atom. The van der Waals surface area contributed by atoms with Crippen LogP contribution >= 0.6 is 12.4 Å². The molecule has 1 fully saturated rings. The van der Waals surface area contributed by atoms with Crippen LogP contribution in [-0.2, 0) is 0 Å². The van der Waals surface area contributed by atoms with Crippen molar-refractivity contribution in [2.45, 2.75) is 76.5 Å². The normalized spacial score (nSPS) is 27.2. The van der Waals surface area contributed by atoms with Crippen LogP contribution in [0.4, 0.5) is 0 Å². The second-order valence-corrected chi connectivity index (χ2v) is 8.15. The molecule has 2 aromatic carbocycles. The van der Waals surface area contributed by atoms with Gasteiger partial charge in [-0.15, -0.1) is 12.4 Å². The minimum absolute atomic E-state index is 0. The summed E-state index contributed by atoms with van der Waals surface area (Å²) in [5.74, 6) is 0.237. The van der Waals surface area contributed by atoms with Gasteiger partial charge in [-0.1, -0.05) is 100 Å². The van der Waals surface area contributed by atoms with Crippen molar-refractivity contribution in [2.24, 2.45) is 5.92 Å². The standard InChI is InChI=1S/C25H35NO.ClH/c1-3-5-6-13-18-25(27)19-23(20-14-9-7-10-15-20)26-24(22(25)4-2)21-16-11-8-12-17-21;/h7-12,14-17,22-24,26-27H,3-6,13,18-19H2,1-2H3;1H. The van der Waals surface area contributed by atoms with Gasteiger partial charge in [0, 0.05) is 18.0 Å². The van der Waals surface area contributed by atoms with Gasteiger partial charge in [0.2, 0.25) is 0 Å². The van der Waals surface area contributed by atoms with Gasteiger partial charge in [0.05, 0.1) is 5.60 Å². The molecular formula is C25H36ClNO. The molecule has 2 nitrogen and oxygen atoms in total. The topological polar surface area (TPSA) is 32.3 Å². The van der Waals surface area contributed by atoms with Crippen molar-refractivity contribution in [1.82, 2.24) is 5.32 Å². The lowest BCUT2D eigenvalue weighted by Crippen LogP contribution is -2.53. The zero-order chi connectivity index (χ0) is 19.1. The van der Waals surface area contributed by atoms with Gasteiger partial charge in [-0.25, -0.2) is 0 Å². The third-order valence-corrected chi connectivity index (χ3v) is 6.29. The Labute approximate surface area is 177 Å². The van der Waals surface area contributed by atoms with Crippen LogP contribution in [0.15, 0.2) is 60.7 Å². The summed E-state index contributed by atoms with van der Waals surface area (Å²) in [5.41, 5.74) is 1.95. The molecular weight excluding hydrogens is 366 g/mol. The van der Waals surface area contributed by atoms with Crippen molar-refractivity contribution >= 4 is 12.4 Å². The third-order valence-electron chi connectivity index (χ3n) is 6.29. The van der Waals surface area contributed by atoms with Gasteiger partial charge in [-0.2, -0.15) is 0 Å². The molecule has 4 unspecified atom stereocenters. The summed E-state index contributed by atoms with van der Waals surface area (Å²) in [6.07, 6.45) is 7.51. The van der Waals surface area contributed by atoms with Crippen LogP contribution in [0.3, 0.4) is 0 Å². The van der Waals surface area contributed by atoms with Crippen LogP contribution < -0.4 is 5.32 Å². The van der Waals surface area contributed by atoms with Gasteiger partial charge in [0.15, 0.2) is 0 Å². The lowest BCUT2D eigenvalue weighted by atomic mass is 9.68. The first kappa shape index (κ1) is 22.9. The van der Waals surface area contributed by atoms with E-state index in [4.69, 9.17) is 0 Å². The first-order chi connectivity index (χ1) is 13.2. The Bertz CT molecular complexity index is 677. The Morgan fingerprint density at radius 3 is 2.07 bits per heavy atom. The Balaban J connectivity index is 0.00000280. The van der Waals surface area contributed by atoms with Gasteiger partial charge in [-0.3, -0.25) is 0 Å². The average Bonchev–Trinajstić information content (AvgIpc) is 2.72. The lowest BCUT2D eigenvalue weighted by molar-refractivity contribution is -0.0838. The smallest absolute Gasteiger partial charge is 0.0712 e. The second-order valence-electron chi connectivity index (χ2n) is 8.15. The second kappa shape index (κ2) is 11.0. The maximum absolute atomic E-state index is 11.9. The van der Waals surface area contributed by atoms with Crippen molar-refractivity contribution in [1.29, 1.82) is 0 Å². The predicted octanol–water partition coefficient (Wildman–Crippen LogP) is 6.61. The van der Waals surface area contributed by atoms with Crippen molar-refractivity contribution in [3.8, 4) is 0 Å². The van der Waals surface area contributed by atoms with Crippen LogP contribution in [0.25, 0.3) is 0 Å². The van der Waals surface area contributed by atoms with Crippen molar-refractivity contribution in [2.75, 3.05) is 0 Å². The number of nitrogens with one attached hydrogen (secondary N) is 1. The summed E-state index contributed by atoms with van der Waals surface area (Å²) < 4.78 is 0. The Morgan fingerprint density at radius 2 is 1.50 bits per heavy atom. The van der Waals surface area contributed by atoms with Gasteiger partial charge in [0.25, 0.3) is 0 Å². The number of hydrogen-bond acceptors (Lipinski definition) is 2. The summed E-state index contributed by atoms with van der Waals surface area (Å²) in [5, 5.41) is 15.7. The molecule has 3 rings (SSSR count). The van der Waals surface area contributed by atoms with Crippen molar-refractivity contribution in [3.63, 3.8) is 0 Å². The number of benzene rings is 2. The van der Waals surface area contributed by atoms with E-state index >= 15 is 0 Å². The molecule has 2 aromatic rings. The number of hydrogen-bond donors (Lipinski definition) is 2. The largest absolute Gasteiger partial charge is 0.389 e. The Hall–Kier alpha value is -1.35. The highest BCUT2D eigenvalue weighted by Crippen LogP contribution is 2.47. The van der Waals surface area contributed by atoms with Gasteiger partial charge < -0.3 is 10.4 Å². The molecule has 0 amide bonds. The van der Waals surface area contributed by atoms with Crippen LogP contribution in [0, 0.1) is 5.92 Å². The van der Waals surface area contributed by atoms with E-state index in [9.17, 15) is 5.11 Å². The quantitative estimate of drug-likeness (QED) is 0.487. The molecule has 3 heteroatoms. The third kappa shape index (κ3) is 5.37. The van der Waals surface area contributed by atoms with E-state index in [0.717, 1.165) is 25.7 Å². The summed E-state index contributed by atoms with van der Waals surface area (Å²) in [7, 11) is 0. The van der Waals surface area contributed by atoms with E-state index in [0.29, 0.717) is 0 Å². The van der Waals surface area contributed by atoms with Gasteiger partial charge in [-0.05, 0) is 30.4 Å². The number of halogens is 1. The maximum Gasteiger partial charge on any atom is 0.0712 e. The van der Waals surface area contributed by atoms with Gasteiger partial charge >= 0.3 is 0 Å². The molecule has 1 aliphatic heterocycles. The minimum atomic E-state index is -0.616. The fourth-order valence-electron chi connectivity index (χ4n) is 4.86. The highest BCUT2D eigenvalue weighted by Gasteiger charge is 2.46. The fourth-order valence-corrected chi connectivity index (χ4v) is 4.86.